The lowest BCUT2D eigenvalue weighted by atomic mass is 10.2. The summed E-state index contributed by atoms with van der Waals surface area (Å²) in [6.45, 7) is 1.51. The van der Waals surface area contributed by atoms with Crippen LogP contribution in [0.3, 0.4) is 0 Å². The van der Waals surface area contributed by atoms with Crippen molar-refractivity contribution in [3.05, 3.63) is 29.8 Å². The molecule has 96 valence electrons. The van der Waals surface area contributed by atoms with Crippen molar-refractivity contribution in [2.75, 3.05) is 13.1 Å². The van der Waals surface area contributed by atoms with Crippen LogP contribution in [0.5, 0.6) is 0 Å². The van der Waals surface area contributed by atoms with Gasteiger partial charge in [-0.1, -0.05) is 12.1 Å². The summed E-state index contributed by atoms with van der Waals surface area (Å²) in [5, 5.41) is 11.7. The second-order valence-corrected chi connectivity index (χ2v) is 6.00. The highest BCUT2D eigenvalue weighted by molar-refractivity contribution is 7.89. The van der Waals surface area contributed by atoms with Crippen molar-refractivity contribution >= 4 is 10.0 Å². The third-order valence-corrected chi connectivity index (χ3v) is 4.44. The summed E-state index contributed by atoms with van der Waals surface area (Å²) in [4.78, 5) is 0.246. The van der Waals surface area contributed by atoms with Crippen LogP contribution < -0.4 is 10.0 Å². The molecular formula is C12H15N3O2S. The van der Waals surface area contributed by atoms with Gasteiger partial charge in [0.1, 0.15) is 0 Å². The van der Waals surface area contributed by atoms with E-state index in [-0.39, 0.29) is 10.9 Å². The maximum absolute atomic E-state index is 12.1. The molecule has 0 bridgehead atoms. The summed E-state index contributed by atoms with van der Waals surface area (Å²) in [5.74, 6) is 0. The van der Waals surface area contributed by atoms with Crippen molar-refractivity contribution < 1.29 is 8.42 Å². The molecule has 5 nitrogen and oxygen atoms in total. The van der Waals surface area contributed by atoms with Crippen LogP contribution in [0.2, 0.25) is 0 Å². The molecule has 1 aromatic rings. The molecule has 1 unspecified atom stereocenters. The maximum Gasteiger partial charge on any atom is 0.240 e. The molecule has 1 aromatic carbocycles. The van der Waals surface area contributed by atoms with Crippen LogP contribution in [0.15, 0.2) is 29.2 Å². The number of nitriles is 1. The van der Waals surface area contributed by atoms with Gasteiger partial charge in [0.25, 0.3) is 0 Å². The molecule has 2 rings (SSSR count). The fourth-order valence-corrected chi connectivity index (χ4v) is 3.19. The third-order valence-electron chi connectivity index (χ3n) is 2.90. The van der Waals surface area contributed by atoms with Crippen molar-refractivity contribution in [3.8, 4) is 6.07 Å². The standard InChI is InChI=1S/C12H15N3O2S/c13-7-5-10-1-3-12(4-2-10)18(16,17)15-11-6-8-14-9-11/h1-4,11,14-15H,5-6,8-9H2. The van der Waals surface area contributed by atoms with Crippen LogP contribution in [-0.2, 0) is 16.4 Å². The molecule has 0 amide bonds. The molecule has 1 fully saturated rings. The Morgan fingerprint density at radius 3 is 2.67 bits per heavy atom. The van der Waals surface area contributed by atoms with Gasteiger partial charge in [-0.15, -0.1) is 0 Å². The zero-order valence-corrected chi connectivity index (χ0v) is 10.7. The van der Waals surface area contributed by atoms with Gasteiger partial charge < -0.3 is 5.32 Å². The Kier molecular flexibility index (Phi) is 3.97. The van der Waals surface area contributed by atoms with E-state index in [1.807, 2.05) is 6.07 Å². The van der Waals surface area contributed by atoms with E-state index in [9.17, 15) is 8.42 Å². The highest BCUT2D eigenvalue weighted by atomic mass is 32.2. The highest BCUT2D eigenvalue weighted by Gasteiger charge is 2.22. The monoisotopic (exact) mass is 265 g/mol. The molecule has 1 atom stereocenters. The topological polar surface area (TPSA) is 82.0 Å². The van der Waals surface area contributed by atoms with E-state index in [1.165, 1.54) is 12.1 Å². The fourth-order valence-electron chi connectivity index (χ4n) is 1.92. The first-order valence-electron chi connectivity index (χ1n) is 5.81. The molecule has 6 heteroatoms. The molecular weight excluding hydrogens is 250 g/mol. The Bertz CT molecular complexity index is 540. The molecule has 2 N–H and O–H groups in total. The molecule has 0 spiro atoms. The molecule has 0 aromatic heterocycles. The normalized spacial score (nSPS) is 19.6. The molecule has 18 heavy (non-hydrogen) atoms. The Morgan fingerprint density at radius 1 is 1.39 bits per heavy atom. The average Bonchev–Trinajstić information content (AvgIpc) is 2.82. The minimum absolute atomic E-state index is 0.0335. The number of sulfonamides is 1. The third kappa shape index (κ3) is 3.07. The Morgan fingerprint density at radius 2 is 2.11 bits per heavy atom. The summed E-state index contributed by atoms with van der Waals surface area (Å²) < 4.78 is 26.8. The largest absolute Gasteiger partial charge is 0.315 e. The predicted molar refractivity (Wildman–Crippen MR) is 67.4 cm³/mol. The van der Waals surface area contributed by atoms with E-state index in [1.54, 1.807) is 12.1 Å². The van der Waals surface area contributed by atoms with Gasteiger partial charge in [0, 0.05) is 12.6 Å². The van der Waals surface area contributed by atoms with Crippen LogP contribution >= 0.6 is 0 Å². The van der Waals surface area contributed by atoms with Crippen molar-refractivity contribution in [1.29, 1.82) is 5.26 Å². The summed E-state index contributed by atoms with van der Waals surface area (Å²) in [6, 6.07) is 8.41. The van der Waals surface area contributed by atoms with Crippen molar-refractivity contribution in [3.63, 3.8) is 0 Å². The van der Waals surface area contributed by atoms with Crippen molar-refractivity contribution in [1.82, 2.24) is 10.0 Å². The molecule has 0 saturated carbocycles. The van der Waals surface area contributed by atoms with E-state index < -0.39 is 10.0 Å². The summed E-state index contributed by atoms with van der Waals surface area (Å²) in [6.07, 6.45) is 1.10. The molecule has 0 aliphatic carbocycles. The van der Waals surface area contributed by atoms with Crippen LogP contribution in [0, 0.1) is 11.3 Å². The Balaban J connectivity index is 2.11. The molecule has 1 saturated heterocycles. The quantitative estimate of drug-likeness (QED) is 0.825. The maximum atomic E-state index is 12.1. The van der Waals surface area contributed by atoms with Gasteiger partial charge in [0.15, 0.2) is 0 Å². The predicted octanol–water partition coefficient (Wildman–Crippen LogP) is 0.393. The smallest absolute Gasteiger partial charge is 0.240 e. The molecule has 1 heterocycles. The second-order valence-electron chi connectivity index (χ2n) is 4.29. The lowest BCUT2D eigenvalue weighted by Crippen LogP contribution is -2.36. The van der Waals surface area contributed by atoms with Gasteiger partial charge in [-0.25, -0.2) is 13.1 Å². The van der Waals surface area contributed by atoms with Crippen molar-refractivity contribution in [2.45, 2.75) is 23.8 Å². The molecule has 1 aliphatic rings. The number of hydrogen-bond donors (Lipinski definition) is 2. The number of nitrogens with one attached hydrogen (secondary N) is 2. The van der Waals surface area contributed by atoms with Gasteiger partial charge >= 0.3 is 0 Å². The van der Waals surface area contributed by atoms with Gasteiger partial charge in [-0.05, 0) is 30.7 Å². The number of benzene rings is 1. The highest BCUT2D eigenvalue weighted by Crippen LogP contribution is 2.12. The lowest BCUT2D eigenvalue weighted by molar-refractivity contribution is 0.560. The molecule has 0 radical (unpaired) electrons. The van der Waals surface area contributed by atoms with Crippen LogP contribution in [0.4, 0.5) is 0 Å². The summed E-state index contributed by atoms with van der Waals surface area (Å²) >= 11 is 0. The Hall–Kier alpha value is -1.42. The number of rotatable bonds is 4. The van der Waals surface area contributed by atoms with Gasteiger partial charge in [-0.2, -0.15) is 5.26 Å². The van der Waals surface area contributed by atoms with E-state index in [0.29, 0.717) is 13.0 Å². The first-order chi connectivity index (χ1) is 8.62. The van der Waals surface area contributed by atoms with E-state index in [4.69, 9.17) is 5.26 Å². The number of hydrogen-bond acceptors (Lipinski definition) is 4. The van der Waals surface area contributed by atoms with Gasteiger partial charge in [0.2, 0.25) is 10.0 Å². The van der Waals surface area contributed by atoms with E-state index >= 15 is 0 Å². The van der Waals surface area contributed by atoms with Crippen LogP contribution in [0.1, 0.15) is 12.0 Å². The first-order valence-corrected chi connectivity index (χ1v) is 7.29. The summed E-state index contributed by atoms with van der Waals surface area (Å²) in [5.41, 5.74) is 0.819. The SMILES string of the molecule is N#CCc1ccc(S(=O)(=O)NC2CCNC2)cc1. The second kappa shape index (κ2) is 5.48. The zero-order chi connectivity index (χ0) is 13.0. The first kappa shape index (κ1) is 13.0. The summed E-state index contributed by atoms with van der Waals surface area (Å²) in [7, 11) is -3.45. The Labute approximate surface area is 107 Å². The minimum Gasteiger partial charge on any atom is -0.315 e. The minimum atomic E-state index is -3.45. The van der Waals surface area contributed by atoms with E-state index in [2.05, 4.69) is 10.0 Å². The van der Waals surface area contributed by atoms with E-state index in [0.717, 1.165) is 18.5 Å². The van der Waals surface area contributed by atoms with Gasteiger partial charge in [-0.3, -0.25) is 0 Å². The van der Waals surface area contributed by atoms with Gasteiger partial charge in [0.05, 0.1) is 17.4 Å². The van der Waals surface area contributed by atoms with Crippen LogP contribution in [0.25, 0.3) is 0 Å². The average molecular weight is 265 g/mol. The number of nitrogens with zero attached hydrogens (tertiary/aromatic N) is 1. The lowest BCUT2D eigenvalue weighted by Gasteiger charge is -2.12. The fraction of sp³-hybridized carbons (Fsp3) is 0.417. The molecule has 1 aliphatic heterocycles. The van der Waals surface area contributed by atoms with Crippen molar-refractivity contribution in [2.24, 2.45) is 0 Å². The zero-order valence-electron chi connectivity index (χ0n) is 9.89. The van der Waals surface area contributed by atoms with Crippen LogP contribution in [-0.4, -0.2) is 27.5 Å².